The zero-order chi connectivity index (χ0) is 12.6. The molecule has 0 amide bonds. The van der Waals surface area contributed by atoms with E-state index < -0.39 is 5.41 Å². The van der Waals surface area contributed by atoms with Gasteiger partial charge in [-0.05, 0) is 18.9 Å². The summed E-state index contributed by atoms with van der Waals surface area (Å²) >= 11 is 1.57. The van der Waals surface area contributed by atoms with Crippen molar-refractivity contribution in [2.45, 2.75) is 24.7 Å². The molecule has 0 bridgehead atoms. The molecule has 5 heteroatoms. The third-order valence-corrected chi connectivity index (χ3v) is 4.51. The first-order chi connectivity index (χ1) is 8.76. The Kier molecular flexibility index (Phi) is 2.70. The molecule has 1 saturated carbocycles. The molecule has 0 spiro atoms. The highest BCUT2D eigenvalue weighted by Gasteiger charge is 2.48. The van der Waals surface area contributed by atoms with Gasteiger partial charge in [0.05, 0.1) is 12.8 Å². The maximum absolute atomic E-state index is 11.9. The number of rotatable bonds is 3. The van der Waals surface area contributed by atoms with Crippen molar-refractivity contribution in [2.24, 2.45) is 0 Å². The Balaban J connectivity index is 1.95. The standard InChI is InChI=1S/C13H14N2O2S/c1-17-12(16)13(4-2-5-13)10-8-18-11(15-10)9-3-6-14-7-9/h3,6-8,14H,2,4-5H2,1H3. The fourth-order valence-electron chi connectivity index (χ4n) is 2.37. The van der Waals surface area contributed by atoms with Crippen LogP contribution >= 0.6 is 11.3 Å². The normalized spacial score (nSPS) is 17.2. The van der Waals surface area contributed by atoms with Gasteiger partial charge in [-0.1, -0.05) is 6.42 Å². The monoisotopic (exact) mass is 262 g/mol. The minimum Gasteiger partial charge on any atom is -0.468 e. The molecule has 94 valence electrons. The van der Waals surface area contributed by atoms with Crippen LogP contribution in [0.4, 0.5) is 0 Å². The van der Waals surface area contributed by atoms with Gasteiger partial charge >= 0.3 is 5.97 Å². The van der Waals surface area contributed by atoms with Crippen LogP contribution in [0.5, 0.6) is 0 Å². The lowest BCUT2D eigenvalue weighted by Gasteiger charge is -2.37. The van der Waals surface area contributed by atoms with E-state index in [1.165, 1.54) is 7.11 Å². The number of carbonyl (C=O) groups is 1. The van der Waals surface area contributed by atoms with E-state index >= 15 is 0 Å². The number of ether oxygens (including phenoxy) is 1. The molecule has 4 nitrogen and oxygen atoms in total. The van der Waals surface area contributed by atoms with Crippen LogP contribution in [0, 0.1) is 0 Å². The Hall–Kier alpha value is -1.62. The average molecular weight is 262 g/mol. The van der Waals surface area contributed by atoms with Crippen molar-refractivity contribution in [1.82, 2.24) is 9.97 Å². The van der Waals surface area contributed by atoms with Gasteiger partial charge in [-0.15, -0.1) is 11.3 Å². The second-order valence-corrected chi connectivity index (χ2v) is 5.42. The van der Waals surface area contributed by atoms with Gasteiger partial charge in [0.2, 0.25) is 0 Å². The molecular formula is C13H14N2O2S. The highest BCUT2D eigenvalue weighted by atomic mass is 32.1. The Bertz CT molecular complexity index is 555. The number of aromatic nitrogens is 2. The van der Waals surface area contributed by atoms with Crippen molar-refractivity contribution in [2.75, 3.05) is 7.11 Å². The average Bonchev–Trinajstić information content (AvgIpc) is 2.97. The van der Waals surface area contributed by atoms with Crippen molar-refractivity contribution in [3.63, 3.8) is 0 Å². The van der Waals surface area contributed by atoms with E-state index in [-0.39, 0.29) is 5.97 Å². The zero-order valence-corrected chi connectivity index (χ0v) is 10.9. The lowest BCUT2D eigenvalue weighted by atomic mass is 9.67. The topological polar surface area (TPSA) is 55.0 Å². The predicted molar refractivity (Wildman–Crippen MR) is 69.4 cm³/mol. The highest BCUT2D eigenvalue weighted by molar-refractivity contribution is 7.13. The molecule has 0 aromatic carbocycles. The van der Waals surface area contributed by atoms with Gasteiger partial charge in [0.1, 0.15) is 10.4 Å². The first-order valence-corrected chi connectivity index (χ1v) is 6.82. The summed E-state index contributed by atoms with van der Waals surface area (Å²) in [5, 5.41) is 2.93. The van der Waals surface area contributed by atoms with Crippen LogP contribution in [-0.2, 0) is 14.9 Å². The van der Waals surface area contributed by atoms with Crippen LogP contribution in [0.1, 0.15) is 25.0 Å². The largest absolute Gasteiger partial charge is 0.468 e. The van der Waals surface area contributed by atoms with Crippen molar-refractivity contribution < 1.29 is 9.53 Å². The lowest BCUT2D eigenvalue weighted by Crippen LogP contribution is -2.43. The summed E-state index contributed by atoms with van der Waals surface area (Å²) in [6.45, 7) is 0. The number of H-pyrrole nitrogens is 1. The molecular weight excluding hydrogens is 248 g/mol. The summed E-state index contributed by atoms with van der Waals surface area (Å²) in [6.07, 6.45) is 6.53. The molecule has 0 saturated heterocycles. The second-order valence-electron chi connectivity index (χ2n) is 4.56. The van der Waals surface area contributed by atoms with Crippen LogP contribution in [0.15, 0.2) is 23.8 Å². The number of aromatic amines is 1. The van der Waals surface area contributed by atoms with Gasteiger partial charge in [0, 0.05) is 23.3 Å². The molecule has 1 aliphatic rings. The molecule has 0 unspecified atom stereocenters. The molecule has 1 fully saturated rings. The fraction of sp³-hybridized carbons (Fsp3) is 0.385. The van der Waals surface area contributed by atoms with Crippen LogP contribution < -0.4 is 0 Å². The van der Waals surface area contributed by atoms with Gasteiger partial charge < -0.3 is 9.72 Å². The van der Waals surface area contributed by atoms with Crippen LogP contribution in [0.3, 0.4) is 0 Å². The van der Waals surface area contributed by atoms with E-state index in [1.54, 1.807) is 11.3 Å². The molecule has 2 heterocycles. The number of carbonyl (C=O) groups excluding carboxylic acids is 1. The Morgan fingerprint density at radius 3 is 2.94 bits per heavy atom. The predicted octanol–water partition coefficient (Wildman–Crippen LogP) is 2.73. The van der Waals surface area contributed by atoms with Gasteiger partial charge in [-0.2, -0.15) is 0 Å². The quantitative estimate of drug-likeness (QED) is 0.865. The van der Waals surface area contributed by atoms with E-state index in [0.29, 0.717) is 0 Å². The van der Waals surface area contributed by atoms with Gasteiger partial charge in [0.15, 0.2) is 0 Å². The maximum atomic E-state index is 11.9. The number of nitrogens with one attached hydrogen (secondary N) is 1. The summed E-state index contributed by atoms with van der Waals surface area (Å²) < 4.78 is 4.93. The summed E-state index contributed by atoms with van der Waals surface area (Å²) in [5.74, 6) is -0.153. The van der Waals surface area contributed by atoms with Crippen molar-refractivity contribution in [3.8, 4) is 10.6 Å². The maximum Gasteiger partial charge on any atom is 0.317 e. The minimum atomic E-state index is -0.486. The minimum absolute atomic E-state index is 0.153. The van der Waals surface area contributed by atoms with E-state index in [4.69, 9.17) is 4.74 Å². The molecule has 18 heavy (non-hydrogen) atoms. The van der Waals surface area contributed by atoms with Gasteiger partial charge in [0.25, 0.3) is 0 Å². The van der Waals surface area contributed by atoms with E-state index in [0.717, 1.165) is 35.5 Å². The number of thiazole rings is 1. The molecule has 2 aromatic heterocycles. The lowest BCUT2D eigenvalue weighted by molar-refractivity contribution is -0.151. The molecule has 2 aromatic rings. The Morgan fingerprint density at radius 2 is 2.39 bits per heavy atom. The number of esters is 1. The summed E-state index contributed by atoms with van der Waals surface area (Å²) in [4.78, 5) is 19.6. The number of nitrogens with zero attached hydrogens (tertiary/aromatic N) is 1. The van der Waals surface area contributed by atoms with Crippen molar-refractivity contribution >= 4 is 17.3 Å². The molecule has 3 rings (SSSR count). The second kappa shape index (κ2) is 4.24. The van der Waals surface area contributed by atoms with Gasteiger partial charge in [-0.25, -0.2) is 4.98 Å². The first kappa shape index (κ1) is 11.5. The third-order valence-electron chi connectivity index (χ3n) is 3.62. The van der Waals surface area contributed by atoms with Crippen LogP contribution in [0.25, 0.3) is 10.6 Å². The smallest absolute Gasteiger partial charge is 0.317 e. The van der Waals surface area contributed by atoms with E-state index in [1.807, 2.05) is 23.8 Å². The zero-order valence-electron chi connectivity index (χ0n) is 10.1. The van der Waals surface area contributed by atoms with E-state index in [9.17, 15) is 4.79 Å². The molecule has 1 N–H and O–H groups in total. The third kappa shape index (κ3) is 1.58. The number of methoxy groups -OCH3 is 1. The molecule has 1 aliphatic carbocycles. The number of hydrogen-bond acceptors (Lipinski definition) is 4. The fourth-order valence-corrected chi connectivity index (χ4v) is 3.29. The van der Waals surface area contributed by atoms with Crippen molar-refractivity contribution in [1.29, 1.82) is 0 Å². The number of hydrogen-bond donors (Lipinski definition) is 1. The van der Waals surface area contributed by atoms with E-state index in [2.05, 4.69) is 9.97 Å². The summed E-state index contributed by atoms with van der Waals surface area (Å²) in [5.41, 5.74) is 1.44. The highest BCUT2D eigenvalue weighted by Crippen LogP contribution is 2.45. The van der Waals surface area contributed by atoms with Crippen LogP contribution in [-0.4, -0.2) is 23.0 Å². The summed E-state index contributed by atoms with van der Waals surface area (Å²) in [7, 11) is 1.45. The molecule has 0 aliphatic heterocycles. The SMILES string of the molecule is COC(=O)C1(c2csc(-c3cc[nH]c3)n2)CCC1. The molecule has 0 radical (unpaired) electrons. The Labute approximate surface area is 109 Å². The first-order valence-electron chi connectivity index (χ1n) is 5.94. The molecule has 0 atom stereocenters. The van der Waals surface area contributed by atoms with Crippen LogP contribution in [0.2, 0.25) is 0 Å². The van der Waals surface area contributed by atoms with Crippen molar-refractivity contribution in [3.05, 3.63) is 29.5 Å². The summed E-state index contributed by atoms with van der Waals surface area (Å²) in [6, 6.07) is 1.98. The Morgan fingerprint density at radius 1 is 1.56 bits per heavy atom. The van der Waals surface area contributed by atoms with Gasteiger partial charge in [-0.3, -0.25) is 4.79 Å².